The predicted molar refractivity (Wildman–Crippen MR) is 67.2 cm³/mol. The van der Waals surface area contributed by atoms with E-state index in [1.54, 1.807) is 12.5 Å². The molecule has 0 radical (unpaired) electrons. The Bertz CT molecular complexity index is 455. The molecule has 2 nitrogen and oxygen atoms in total. The van der Waals surface area contributed by atoms with E-state index in [9.17, 15) is 4.21 Å². The standard InChI is InChI=1S/C12H19NOS/c1-12(2,3)10-7-6-8-11(9-10)13-15(4,5)14/h6-9H,1-5H3. The Labute approximate surface area is 92.9 Å². The van der Waals surface area contributed by atoms with Crippen LogP contribution < -0.4 is 0 Å². The fraction of sp³-hybridized carbons (Fsp3) is 0.500. The smallest absolute Gasteiger partial charge is 0.0732 e. The zero-order valence-electron chi connectivity index (χ0n) is 10.1. The minimum absolute atomic E-state index is 0.105. The van der Waals surface area contributed by atoms with Gasteiger partial charge in [0.05, 0.1) is 5.69 Å². The lowest BCUT2D eigenvalue weighted by Crippen LogP contribution is -2.10. The van der Waals surface area contributed by atoms with Crippen LogP contribution in [0.15, 0.2) is 28.6 Å². The van der Waals surface area contributed by atoms with E-state index in [4.69, 9.17) is 0 Å². The van der Waals surface area contributed by atoms with E-state index in [0.717, 1.165) is 5.69 Å². The molecule has 1 aromatic rings. The molecule has 0 spiro atoms. The molecule has 0 fully saturated rings. The molecule has 0 bridgehead atoms. The minimum atomic E-state index is -2.06. The predicted octanol–water partition coefficient (Wildman–Crippen LogP) is 3.34. The zero-order valence-corrected chi connectivity index (χ0v) is 10.9. The van der Waals surface area contributed by atoms with Crippen molar-refractivity contribution in [2.45, 2.75) is 26.2 Å². The Morgan fingerprint density at radius 3 is 2.27 bits per heavy atom. The SMILES string of the molecule is CC(C)(C)c1cccc(N=S(C)(C)=O)c1. The van der Waals surface area contributed by atoms with Crippen molar-refractivity contribution in [3.05, 3.63) is 29.8 Å². The molecular formula is C12H19NOS. The second kappa shape index (κ2) is 3.97. The minimum Gasteiger partial charge on any atom is -0.250 e. The van der Waals surface area contributed by atoms with Crippen molar-refractivity contribution in [2.24, 2.45) is 4.36 Å². The summed E-state index contributed by atoms with van der Waals surface area (Å²) in [5.41, 5.74) is 2.12. The van der Waals surface area contributed by atoms with Crippen LogP contribution in [-0.2, 0) is 15.1 Å². The van der Waals surface area contributed by atoms with Gasteiger partial charge in [0.2, 0.25) is 0 Å². The van der Waals surface area contributed by atoms with E-state index < -0.39 is 9.73 Å². The van der Waals surface area contributed by atoms with Gasteiger partial charge in [-0.25, -0.2) is 4.21 Å². The van der Waals surface area contributed by atoms with Crippen molar-refractivity contribution in [1.82, 2.24) is 0 Å². The molecule has 1 aromatic carbocycles. The normalized spacial score (nSPS) is 12.6. The highest BCUT2D eigenvalue weighted by atomic mass is 32.2. The maximum Gasteiger partial charge on any atom is 0.0732 e. The molecule has 0 aliphatic carbocycles. The monoisotopic (exact) mass is 225 g/mol. The van der Waals surface area contributed by atoms with Crippen LogP contribution in [-0.4, -0.2) is 16.7 Å². The van der Waals surface area contributed by atoms with Crippen molar-refractivity contribution in [2.75, 3.05) is 12.5 Å². The van der Waals surface area contributed by atoms with Gasteiger partial charge in [0.1, 0.15) is 0 Å². The Morgan fingerprint density at radius 1 is 1.20 bits per heavy atom. The summed E-state index contributed by atoms with van der Waals surface area (Å²) in [5.74, 6) is 0. The van der Waals surface area contributed by atoms with Crippen molar-refractivity contribution in [1.29, 1.82) is 0 Å². The van der Waals surface area contributed by atoms with Gasteiger partial charge in [-0.2, -0.15) is 4.36 Å². The van der Waals surface area contributed by atoms with Crippen LogP contribution in [0.25, 0.3) is 0 Å². The van der Waals surface area contributed by atoms with E-state index >= 15 is 0 Å². The van der Waals surface area contributed by atoms with Gasteiger partial charge in [-0.05, 0) is 23.1 Å². The molecule has 0 N–H and O–H groups in total. The molecule has 0 saturated heterocycles. The Kier molecular flexibility index (Phi) is 3.24. The fourth-order valence-corrected chi connectivity index (χ4v) is 1.90. The first-order chi connectivity index (χ1) is 6.68. The van der Waals surface area contributed by atoms with Gasteiger partial charge in [0, 0.05) is 22.2 Å². The van der Waals surface area contributed by atoms with Crippen LogP contribution in [0.5, 0.6) is 0 Å². The highest BCUT2D eigenvalue weighted by Crippen LogP contribution is 2.26. The van der Waals surface area contributed by atoms with Crippen molar-refractivity contribution >= 4 is 15.4 Å². The number of hydrogen-bond donors (Lipinski definition) is 0. The highest BCUT2D eigenvalue weighted by Gasteiger charge is 2.13. The molecule has 0 amide bonds. The highest BCUT2D eigenvalue weighted by molar-refractivity contribution is 7.92. The third-order valence-corrected chi connectivity index (χ3v) is 2.69. The average Bonchev–Trinajstić information content (AvgIpc) is 1.99. The maximum atomic E-state index is 11.6. The zero-order chi connectivity index (χ0) is 11.7. The first kappa shape index (κ1) is 12.2. The van der Waals surface area contributed by atoms with E-state index in [1.165, 1.54) is 5.56 Å². The maximum absolute atomic E-state index is 11.6. The molecule has 0 heterocycles. The van der Waals surface area contributed by atoms with Gasteiger partial charge >= 0.3 is 0 Å². The molecule has 0 aliphatic heterocycles. The summed E-state index contributed by atoms with van der Waals surface area (Å²) in [5, 5.41) is 0. The summed E-state index contributed by atoms with van der Waals surface area (Å²) in [4.78, 5) is 0. The van der Waals surface area contributed by atoms with Gasteiger partial charge in [-0.1, -0.05) is 32.9 Å². The van der Waals surface area contributed by atoms with E-state index in [0.29, 0.717) is 0 Å². The first-order valence-corrected chi connectivity index (χ1v) is 7.29. The van der Waals surface area contributed by atoms with Gasteiger partial charge in [0.15, 0.2) is 0 Å². The average molecular weight is 225 g/mol. The molecule has 15 heavy (non-hydrogen) atoms. The lowest BCUT2D eigenvalue weighted by molar-refractivity contribution is 0.590. The third kappa shape index (κ3) is 4.04. The lowest BCUT2D eigenvalue weighted by atomic mass is 9.87. The topological polar surface area (TPSA) is 29.4 Å². The van der Waals surface area contributed by atoms with Crippen LogP contribution in [0.3, 0.4) is 0 Å². The summed E-state index contributed by atoms with van der Waals surface area (Å²) < 4.78 is 15.7. The molecule has 0 atom stereocenters. The first-order valence-electron chi connectivity index (χ1n) is 4.96. The van der Waals surface area contributed by atoms with Gasteiger partial charge in [-0.3, -0.25) is 0 Å². The van der Waals surface area contributed by atoms with E-state index in [-0.39, 0.29) is 5.41 Å². The van der Waals surface area contributed by atoms with E-state index in [1.807, 2.05) is 18.2 Å². The molecule has 0 aliphatic rings. The lowest BCUT2D eigenvalue weighted by Gasteiger charge is -2.19. The quantitative estimate of drug-likeness (QED) is 0.720. The summed E-state index contributed by atoms with van der Waals surface area (Å²) in [6.45, 7) is 6.46. The summed E-state index contributed by atoms with van der Waals surface area (Å²) >= 11 is 0. The molecule has 3 heteroatoms. The fourth-order valence-electron chi connectivity index (χ4n) is 1.28. The number of benzene rings is 1. The van der Waals surface area contributed by atoms with Crippen molar-refractivity contribution in [3.8, 4) is 0 Å². The van der Waals surface area contributed by atoms with Crippen LogP contribution >= 0.6 is 0 Å². The Balaban J connectivity index is 3.21. The molecule has 0 saturated carbocycles. The largest absolute Gasteiger partial charge is 0.250 e. The van der Waals surface area contributed by atoms with Crippen LogP contribution in [0.4, 0.5) is 5.69 Å². The number of hydrogen-bond acceptors (Lipinski definition) is 2. The van der Waals surface area contributed by atoms with Crippen LogP contribution in [0, 0.1) is 0 Å². The summed E-state index contributed by atoms with van der Waals surface area (Å²) in [7, 11) is -2.06. The van der Waals surface area contributed by atoms with Crippen molar-refractivity contribution < 1.29 is 4.21 Å². The van der Waals surface area contributed by atoms with Gasteiger partial charge in [0.25, 0.3) is 0 Å². The molecule has 0 aromatic heterocycles. The van der Waals surface area contributed by atoms with E-state index in [2.05, 4.69) is 31.2 Å². The molecule has 84 valence electrons. The van der Waals surface area contributed by atoms with Crippen molar-refractivity contribution in [3.63, 3.8) is 0 Å². The Morgan fingerprint density at radius 2 is 1.80 bits per heavy atom. The third-order valence-electron chi connectivity index (χ3n) is 2.04. The molecule has 0 unspecified atom stereocenters. The Hall–Kier alpha value is -0.830. The molecular weight excluding hydrogens is 206 g/mol. The second-order valence-electron chi connectivity index (χ2n) is 5.07. The van der Waals surface area contributed by atoms with Crippen LogP contribution in [0.1, 0.15) is 26.3 Å². The molecule has 1 rings (SSSR count). The summed E-state index contributed by atoms with van der Waals surface area (Å²) in [6, 6.07) is 7.94. The second-order valence-corrected chi connectivity index (χ2v) is 7.62. The summed E-state index contributed by atoms with van der Waals surface area (Å²) in [6.07, 6.45) is 3.30. The number of rotatable bonds is 1. The number of nitrogens with zero attached hydrogens (tertiary/aromatic N) is 1. The van der Waals surface area contributed by atoms with Gasteiger partial charge in [-0.15, -0.1) is 0 Å². The van der Waals surface area contributed by atoms with Crippen LogP contribution in [0.2, 0.25) is 0 Å². The van der Waals surface area contributed by atoms with Gasteiger partial charge < -0.3 is 0 Å².